The number of nitrogens with zero attached hydrogens (tertiary/aromatic N) is 2. The Balaban J connectivity index is 1.59. The van der Waals surface area contributed by atoms with Gasteiger partial charge in [0, 0.05) is 37.9 Å². The van der Waals surface area contributed by atoms with Crippen LogP contribution in [0, 0.1) is 0 Å². The first-order chi connectivity index (χ1) is 11.1. The van der Waals surface area contributed by atoms with Crippen molar-refractivity contribution in [1.82, 2.24) is 15.2 Å². The fraction of sp³-hybridized carbons (Fsp3) is 0.421. The molecule has 122 valence electrons. The number of rotatable bonds is 5. The number of piperazine rings is 1. The van der Waals surface area contributed by atoms with E-state index < -0.39 is 0 Å². The Morgan fingerprint density at radius 1 is 1.22 bits per heavy atom. The predicted octanol–water partition coefficient (Wildman–Crippen LogP) is 2.84. The van der Waals surface area contributed by atoms with E-state index in [1.54, 1.807) is 6.20 Å². The third kappa shape index (κ3) is 4.78. The highest BCUT2D eigenvalue weighted by molar-refractivity contribution is 5.28. The Bertz CT molecular complexity index is 628. The van der Waals surface area contributed by atoms with E-state index in [0.29, 0.717) is 6.61 Å². The summed E-state index contributed by atoms with van der Waals surface area (Å²) < 4.78 is 5.87. The molecule has 1 aromatic carbocycles. The van der Waals surface area contributed by atoms with Crippen LogP contribution < -0.4 is 10.1 Å². The standard InChI is InChI=1S/C19H25N3O/c1-19(2)15-22(11-10-21-19)13-16-6-5-8-18(12-16)23-14-17-7-3-4-9-20-17/h3-9,12,21H,10-11,13-15H2,1-2H3. The summed E-state index contributed by atoms with van der Waals surface area (Å²) in [5.41, 5.74) is 2.42. The van der Waals surface area contributed by atoms with E-state index in [9.17, 15) is 0 Å². The summed E-state index contributed by atoms with van der Waals surface area (Å²) in [6.45, 7) is 9.17. The molecule has 2 heterocycles. The number of pyridine rings is 1. The molecular formula is C19H25N3O. The molecule has 0 spiro atoms. The summed E-state index contributed by atoms with van der Waals surface area (Å²) in [5.74, 6) is 0.905. The Kier molecular flexibility index (Phi) is 4.94. The number of nitrogens with one attached hydrogen (secondary N) is 1. The maximum atomic E-state index is 5.87. The van der Waals surface area contributed by atoms with Crippen LogP contribution in [0.2, 0.25) is 0 Å². The van der Waals surface area contributed by atoms with Crippen molar-refractivity contribution in [1.29, 1.82) is 0 Å². The predicted molar refractivity (Wildman–Crippen MR) is 92.4 cm³/mol. The summed E-state index contributed by atoms with van der Waals surface area (Å²) in [4.78, 5) is 6.78. The minimum Gasteiger partial charge on any atom is -0.487 e. The SMILES string of the molecule is CC1(C)CN(Cc2cccc(OCc3ccccn3)c2)CCN1. The lowest BCUT2D eigenvalue weighted by Gasteiger charge is -2.39. The van der Waals surface area contributed by atoms with E-state index in [1.165, 1.54) is 5.56 Å². The van der Waals surface area contributed by atoms with Gasteiger partial charge in [0.25, 0.3) is 0 Å². The second-order valence-electron chi connectivity index (χ2n) is 6.78. The number of hydrogen-bond acceptors (Lipinski definition) is 4. The summed E-state index contributed by atoms with van der Waals surface area (Å²) in [7, 11) is 0. The Morgan fingerprint density at radius 3 is 2.91 bits per heavy atom. The van der Waals surface area contributed by atoms with Crippen molar-refractivity contribution in [3.05, 3.63) is 59.9 Å². The van der Waals surface area contributed by atoms with Crippen LogP contribution in [0.25, 0.3) is 0 Å². The molecule has 1 aromatic heterocycles. The van der Waals surface area contributed by atoms with Crippen LogP contribution in [0.4, 0.5) is 0 Å². The van der Waals surface area contributed by atoms with E-state index in [0.717, 1.165) is 37.6 Å². The number of hydrogen-bond donors (Lipinski definition) is 1. The molecule has 1 aliphatic heterocycles. The van der Waals surface area contributed by atoms with E-state index in [2.05, 4.69) is 47.2 Å². The molecule has 3 rings (SSSR count). The average molecular weight is 311 g/mol. The van der Waals surface area contributed by atoms with E-state index >= 15 is 0 Å². The van der Waals surface area contributed by atoms with Crippen LogP contribution in [0.15, 0.2) is 48.7 Å². The van der Waals surface area contributed by atoms with Crippen molar-refractivity contribution < 1.29 is 4.74 Å². The summed E-state index contributed by atoms with van der Waals surface area (Å²) in [5, 5.41) is 3.55. The Labute approximate surface area is 138 Å². The molecule has 0 aliphatic carbocycles. The molecule has 4 nitrogen and oxygen atoms in total. The zero-order valence-electron chi connectivity index (χ0n) is 14.0. The van der Waals surface area contributed by atoms with Gasteiger partial charge in [-0.15, -0.1) is 0 Å². The monoisotopic (exact) mass is 311 g/mol. The Hall–Kier alpha value is -1.91. The zero-order valence-corrected chi connectivity index (χ0v) is 14.0. The highest BCUT2D eigenvalue weighted by atomic mass is 16.5. The van der Waals surface area contributed by atoms with Gasteiger partial charge in [-0.2, -0.15) is 0 Å². The van der Waals surface area contributed by atoms with Crippen LogP contribution in [-0.2, 0) is 13.2 Å². The van der Waals surface area contributed by atoms with Crippen LogP contribution >= 0.6 is 0 Å². The fourth-order valence-electron chi connectivity index (χ4n) is 3.01. The molecular weight excluding hydrogens is 286 g/mol. The number of benzene rings is 1. The fourth-order valence-corrected chi connectivity index (χ4v) is 3.01. The molecule has 0 bridgehead atoms. The summed E-state index contributed by atoms with van der Waals surface area (Å²) in [6.07, 6.45) is 1.79. The molecule has 1 N–H and O–H groups in total. The number of ether oxygens (including phenoxy) is 1. The third-order valence-electron chi connectivity index (χ3n) is 4.07. The topological polar surface area (TPSA) is 37.4 Å². The molecule has 0 saturated carbocycles. The van der Waals surface area contributed by atoms with Gasteiger partial charge in [-0.05, 0) is 43.7 Å². The van der Waals surface area contributed by atoms with E-state index in [4.69, 9.17) is 4.74 Å². The lowest BCUT2D eigenvalue weighted by molar-refractivity contribution is 0.148. The van der Waals surface area contributed by atoms with Gasteiger partial charge in [-0.25, -0.2) is 0 Å². The molecule has 23 heavy (non-hydrogen) atoms. The van der Waals surface area contributed by atoms with Gasteiger partial charge in [0.05, 0.1) is 5.69 Å². The molecule has 0 atom stereocenters. The van der Waals surface area contributed by atoms with Gasteiger partial charge in [0.15, 0.2) is 0 Å². The van der Waals surface area contributed by atoms with Crippen LogP contribution in [0.3, 0.4) is 0 Å². The third-order valence-corrected chi connectivity index (χ3v) is 4.07. The van der Waals surface area contributed by atoms with E-state index in [1.807, 2.05) is 24.3 Å². The molecule has 0 amide bonds. The van der Waals surface area contributed by atoms with Gasteiger partial charge in [0.1, 0.15) is 12.4 Å². The smallest absolute Gasteiger partial charge is 0.130 e. The molecule has 1 aliphatic rings. The van der Waals surface area contributed by atoms with Crippen LogP contribution in [-0.4, -0.2) is 35.1 Å². The highest BCUT2D eigenvalue weighted by Gasteiger charge is 2.25. The van der Waals surface area contributed by atoms with Crippen LogP contribution in [0.1, 0.15) is 25.1 Å². The molecule has 2 aromatic rings. The Morgan fingerprint density at radius 2 is 2.13 bits per heavy atom. The minimum atomic E-state index is 0.186. The molecule has 1 fully saturated rings. The van der Waals surface area contributed by atoms with Crippen molar-refractivity contribution in [2.75, 3.05) is 19.6 Å². The molecule has 0 unspecified atom stereocenters. The second kappa shape index (κ2) is 7.11. The van der Waals surface area contributed by atoms with Crippen molar-refractivity contribution in [3.8, 4) is 5.75 Å². The lowest BCUT2D eigenvalue weighted by atomic mass is 10.0. The minimum absolute atomic E-state index is 0.186. The highest BCUT2D eigenvalue weighted by Crippen LogP contribution is 2.18. The zero-order chi connectivity index (χ0) is 16.1. The first kappa shape index (κ1) is 16.0. The van der Waals surface area contributed by atoms with Gasteiger partial charge in [-0.1, -0.05) is 18.2 Å². The number of aromatic nitrogens is 1. The van der Waals surface area contributed by atoms with Gasteiger partial charge in [0.2, 0.25) is 0 Å². The maximum absolute atomic E-state index is 5.87. The maximum Gasteiger partial charge on any atom is 0.130 e. The van der Waals surface area contributed by atoms with Gasteiger partial charge >= 0.3 is 0 Å². The first-order valence-corrected chi connectivity index (χ1v) is 8.20. The molecule has 1 saturated heterocycles. The largest absolute Gasteiger partial charge is 0.487 e. The van der Waals surface area contributed by atoms with Gasteiger partial charge < -0.3 is 10.1 Å². The normalized spacial score (nSPS) is 17.8. The molecule has 4 heteroatoms. The van der Waals surface area contributed by atoms with Crippen LogP contribution in [0.5, 0.6) is 5.75 Å². The van der Waals surface area contributed by atoms with E-state index in [-0.39, 0.29) is 5.54 Å². The first-order valence-electron chi connectivity index (χ1n) is 8.20. The lowest BCUT2D eigenvalue weighted by Crippen LogP contribution is -2.56. The second-order valence-corrected chi connectivity index (χ2v) is 6.78. The summed E-state index contributed by atoms with van der Waals surface area (Å²) in [6, 6.07) is 14.3. The quantitative estimate of drug-likeness (QED) is 0.921. The average Bonchev–Trinajstić information content (AvgIpc) is 2.53. The van der Waals surface area contributed by atoms with Crippen molar-refractivity contribution in [3.63, 3.8) is 0 Å². The van der Waals surface area contributed by atoms with Crippen molar-refractivity contribution in [2.45, 2.75) is 32.5 Å². The van der Waals surface area contributed by atoms with Crippen molar-refractivity contribution in [2.24, 2.45) is 0 Å². The van der Waals surface area contributed by atoms with Crippen molar-refractivity contribution >= 4 is 0 Å². The molecule has 0 radical (unpaired) electrons. The summed E-state index contributed by atoms with van der Waals surface area (Å²) >= 11 is 0. The van der Waals surface area contributed by atoms with Gasteiger partial charge in [-0.3, -0.25) is 9.88 Å².